The Balaban J connectivity index is 1.31. The number of hydrogen-bond donors (Lipinski definition) is 1. The Morgan fingerprint density at radius 2 is 2.09 bits per heavy atom. The fraction of sp³-hybridized carbons (Fsp3) is 0.304. The predicted molar refractivity (Wildman–Crippen MR) is 122 cm³/mol. The SMILES string of the molecule is Cc1nc2cc(NC(=O)CSc3nnc(-c4ccc(F)cc4)n3C[C@@H]3CCCO3)ccc2o1. The van der Waals surface area contributed by atoms with Crippen molar-refractivity contribution in [2.45, 2.75) is 37.6 Å². The van der Waals surface area contributed by atoms with Crippen LogP contribution in [0.25, 0.3) is 22.5 Å². The van der Waals surface area contributed by atoms with Crippen LogP contribution in [0.15, 0.2) is 52.0 Å². The topological polar surface area (TPSA) is 95.1 Å². The highest BCUT2D eigenvalue weighted by molar-refractivity contribution is 7.99. The van der Waals surface area contributed by atoms with E-state index in [0.29, 0.717) is 40.2 Å². The van der Waals surface area contributed by atoms with E-state index in [-0.39, 0.29) is 23.6 Å². The molecule has 10 heteroatoms. The summed E-state index contributed by atoms with van der Waals surface area (Å²) in [6, 6.07) is 11.5. The highest BCUT2D eigenvalue weighted by Gasteiger charge is 2.22. The fourth-order valence-electron chi connectivity index (χ4n) is 3.81. The van der Waals surface area contributed by atoms with E-state index in [4.69, 9.17) is 9.15 Å². The number of nitrogens with zero attached hydrogens (tertiary/aromatic N) is 4. The summed E-state index contributed by atoms with van der Waals surface area (Å²) in [4.78, 5) is 16.9. The molecule has 1 aliphatic heterocycles. The van der Waals surface area contributed by atoms with E-state index < -0.39 is 0 Å². The van der Waals surface area contributed by atoms with Gasteiger partial charge in [0.1, 0.15) is 11.3 Å². The third-order valence-corrected chi connectivity index (χ3v) is 6.31. The molecule has 33 heavy (non-hydrogen) atoms. The Bertz CT molecular complexity index is 1280. The number of thioether (sulfide) groups is 1. The molecule has 5 rings (SSSR count). The van der Waals surface area contributed by atoms with Crippen molar-refractivity contribution in [2.75, 3.05) is 17.7 Å². The number of oxazole rings is 1. The molecular formula is C23H22FN5O3S. The van der Waals surface area contributed by atoms with Gasteiger partial charge in [0.2, 0.25) is 5.91 Å². The average molecular weight is 468 g/mol. The molecule has 0 aliphatic carbocycles. The van der Waals surface area contributed by atoms with Gasteiger partial charge in [-0.3, -0.25) is 9.36 Å². The monoisotopic (exact) mass is 467 g/mol. The lowest BCUT2D eigenvalue weighted by atomic mass is 10.2. The number of amides is 1. The zero-order valence-electron chi connectivity index (χ0n) is 18.0. The van der Waals surface area contributed by atoms with Crippen LogP contribution >= 0.6 is 11.8 Å². The van der Waals surface area contributed by atoms with Crippen molar-refractivity contribution in [3.63, 3.8) is 0 Å². The number of halogens is 1. The first-order chi connectivity index (χ1) is 16.0. The number of rotatable bonds is 7. The summed E-state index contributed by atoms with van der Waals surface area (Å²) < 4.78 is 26.6. The molecule has 1 amide bonds. The first kappa shape index (κ1) is 21.6. The quantitative estimate of drug-likeness (QED) is 0.401. The van der Waals surface area contributed by atoms with Crippen molar-refractivity contribution in [3.8, 4) is 11.4 Å². The second-order valence-corrected chi connectivity index (χ2v) is 8.75. The van der Waals surface area contributed by atoms with Gasteiger partial charge in [-0.2, -0.15) is 0 Å². The predicted octanol–water partition coefficient (Wildman–Crippen LogP) is 4.44. The van der Waals surface area contributed by atoms with Crippen LogP contribution in [-0.4, -0.2) is 44.1 Å². The molecule has 0 saturated carbocycles. The average Bonchev–Trinajstić information content (AvgIpc) is 3.53. The molecule has 8 nitrogen and oxygen atoms in total. The van der Waals surface area contributed by atoms with Gasteiger partial charge in [-0.05, 0) is 55.3 Å². The van der Waals surface area contributed by atoms with E-state index >= 15 is 0 Å². The summed E-state index contributed by atoms with van der Waals surface area (Å²) in [5.41, 5.74) is 2.78. The lowest BCUT2D eigenvalue weighted by Gasteiger charge is -2.14. The molecule has 0 radical (unpaired) electrons. The molecule has 2 aromatic carbocycles. The second kappa shape index (κ2) is 9.32. The molecule has 2 aromatic heterocycles. The summed E-state index contributed by atoms with van der Waals surface area (Å²) in [6.45, 7) is 3.09. The van der Waals surface area contributed by atoms with Gasteiger partial charge in [0.25, 0.3) is 0 Å². The smallest absolute Gasteiger partial charge is 0.234 e. The van der Waals surface area contributed by atoms with Crippen molar-refractivity contribution < 1.29 is 18.3 Å². The van der Waals surface area contributed by atoms with Crippen molar-refractivity contribution in [2.24, 2.45) is 0 Å². The molecule has 3 heterocycles. The zero-order chi connectivity index (χ0) is 22.8. The normalized spacial score (nSPS) is 15.9. The molecule has 1 N–H and O–H groups in total. The second-order valence-electron chi connectivity index (χ2n) is 7.81. The maximum absolute atomic E-state index is 13.4. The fourth-order valence-corrected chi connectivity index (χ4v) is 4.56. The molecule has 0 bridgehead atoms. The summed E-state index contributed by atoms with van der Waals surface area (Å²) in [7, 11) is 0. The molecule has 1 saturated heterocycles. The minimum absolute atomic E-state index is 0.0611. The standard InChI is InChI=1S/C23H22FN5O3S/c1-14-25-19-11-17(8-9-20(19)32-14)26-21(30)13-33-23-28-27-22(15-4-6-16(24)7-5-15)29(23)12-18-3-2-10-31-18/h4-9,11,18H,2-3,10,12-13H2,1H3,(H,26,30)/t18-/m0/s1. The van der Waals surface area contributed by atoms with Crippen molar-refractivity contribution in [3.05, 3.63) is 54.2 Å². The number of aromatic nitrogens is 4. The van der Waals surface area contributed by atoms with Crippen LogP contribution in [-0.2, 0) is 16.1 Å². The van der Waals surface area contributed by atoms with Crippen molar-refractivity contribution in [1.82, 2.24) is 19.7 Å². The summed E-state index contributed by atoms with van der Waals surface area (Å²) in [5, 5.41) is 12.1. The minimum Gasteiger partial charge on any atom is -0.441 e. The van der Waals surface area contributed by atoms with Gasteiger partial charge in [0.15, 0.2) is 22.5 Å². The van der Waals surface area contributed by atoms with Crippen LogP contribution in [0.3, 0.4) is 0 Å². The molecule has 1 fully saturated rings. The van der Waals surface area contributed by atoms with E-state index in [1.165, 1.54) is 23.9 Å². The van der Waals surface area contributed by atoms with E-state index in [9.17, 15) is 9.18 Å². The van der Waals surface area contributed by atoms with Crippen LogP contribution in [0.4, 0.5) is 10.1 Å². The Labute approximate surface area is 193 Å². The number of hydrogen-bond acceptors (Lipinski definition) is 7. The Kier molecular flexibility index (Phi) is 6.10. The van der Waals surface area contributed by atoms with Crippen LogP contribution in [0.2, 0.25) is 0 Å². The third kappa shape index (κ3) is 4.91. The number of benzene rings is 2. The number of aryl methyl sites for hydroxylation is 1. The van der Waals surface area contributed by atoms with Crippen molar-refractivity contribution in [1.29, 1.82) is 0 Å². The molecule has 4 aromatic rings. The van der Waals surface area contributed by atoms with Crippen LogP contribution in [0.5, 0.6) is 0 Å². The summed E-state index contributed by atoms with van der Waals surface area (Å²) in [5.74, 6) is 0.874. The van der Waals surface area contributed by atoms with Gasteiger partial charge in [-0.25, -0.2) is 9.37 Å². The minimum atomic E-state index is -0.311. The number of carbonyl (C=O) groups is 1. The van der Waals surface area contributed by atoms with E-state index in [2.05, 4.69) is 20.5 Å². The summed E-state index contributed by atoms with van der Waals surface area (Å²) >= 11 is 1.30. The molecule has 0 spiro atoms. The number of ether oxygens (including phenoxy) is 1. The van der Waals surface area contributed by atoms with E-state index in [0.717, 1.165) is 25.0 Å². The maximum Gasteiger partial charge on any atom is 0.234 e. The number of fused-ring (bicyclic) bond motifs is 1. The molecule has 1 atom stereocenters. The lowest BCUT2D eigenvalue weighted by Crippen LogP contribution is -2.18. The van der Waals surface area contributed by atoms with Crippen LogP contribution in [0, 0.1) is 12.7 Å². The van der Waals surface area contributed by atoms with Crippen LogP contribution in [0.1, 0.15) is 18.7 Å². The number of nitrogens with one attached hydrogen (secondary N) is 1. The molecular weight excluding hydrogens is 445 g/mol. The van der Waals surface area contributed by atoms with Gasteiger partial charge in [0.05, 0.1) is 18.4 Å². The zero-order valence-corrected chi connectivity index (χ0v) is 18.8. The Hall–Kier alpha value is -3.24. The number of carbonyl (C=O) groups excluding carboxylic acids is 1. The van der Waals surface area contributed by atoms with Gasteiger partial charge >= 0.3 is 0 Å². The first-order valence-corrected chi connectivity index (χ1v) is 11.6. The highest BCUT2D eigenvalue weighted by Crippen LogP contribution is 2.27. The molecule has 170 valence electrons. The Morgan fingerprint density at radius 3 is 2.88 bits per heavy atom. The van der Waals surface area contributed by atoms with Gasteiger partial charge in [0, 0.05) is 24.8 Å². The third-order valence-electron chi connectivity index (χ3n) is 5.34. The van der Waals surface area contributed by atoms with E-state index in [1.807, 2.05) is 4.57 Å². The largest absolute Gasteiger partial charge is 0.441 e. The van der Waals surface area contributed by atoms with Crippen LogP contribution < -0.4 is 5.32 Å². The maximum atomic E-state index is 13.4. The van der Waals surface area contributed by atoms with Gasteiger partial charge in [-0.1, -0.05) is 11.8 Å². The number of anilines is 1. The van der Waals surface area contributed by atoms with Crippen molar-refractivity contribution >= 4 is 34.5 Å². The highest BCUT2D eigenvalue weighted by atomic mass is 32.2. The van der Waals surface area contributed by atoms with Gasteiger partial charge < -0.3 is 14.5 Å². The summed E-state index contributed by atoms with van der Waals surface area (Å²) in [6.07, 6.45) is 2.03. The Morgan fingerprint density at radius 1 is 1.24 bits per heavy atom. The first-order valence-electron chi connectivity index (χ1n) is 10.7. The molecule has 0 unspecified atom stereocenters. The molecule has 1 aliphatic rings. The van der Waals surface area contributed by atoms with Gasteiger partial charge in [-0.15, -0.1) is 10.2 Å². The lowest BCUT2D eigenvalue weighted by molar-refractivity contribution is -0.113. The van der Waals surface area contributed by atoms with E-state index in [1.54, 1.807) is 37.3 Å².